The van der Waals surface area contributed by atoms with Crippen molar-refractivity contribution in [1.82, 2.24) is 14.9 Å². The zero-order valence-electron chi connectivity index (χ0n) is 13.9. The lowest BCUT2D eigenvalue weighted by atomic mass is 10.2. The Morgan fingerprint density at radius 2 is 1.76 bits per heavy atom. The van der Waals surface area contributed by atoms with Crippen LogP contribution < -0.4 is 10.2 Å². The predicted molar refractivity (Wildman–Crippen MR) is 89.3 cm³/mol. The fourth-order valence-electron chi connectivity index (χ4n) is 2.63. The highest BCUT2D eigenvalue weighted by atomic mass is 15.3. The average molecular weight is 291 g/mol. The highest BCUT2D eigenvalue weighted by Gasteiger charge is 2.20. The van der Waals surface area contributed by atoms with E-state index in [1.165, 1.54) is 5.56 Å². The van der Waals surface area contributed by atoms with E-state index in [4.69, 9.17) is 9.97 Å². The summed E-state index contributed by atoms with van der Waals surface area (Å²) in [5.41, 5.74) is 1.19. The summed E-state index contributed by atoms with van der Waals surface area (Å²) in [7, 11) is 2.18. The van der Waals surface area contributed by atoms with Crippen LogP contribution in [0.3, 0.4) is 0 Å². The van der Waals surface area contributed by atoms with Gasteiger partial charge < -0.3 is 15.1 Å². The number of hydrogen-bond donors (Lipinski definition) is 1. The molecule has 5 nitrogen and oxygen atoms in total. The second-order valence-corrected chi connectivity index (χ2v) is 5.90. The fraction of sp³-hybridized carbons (Fsp3) is 0.750. The van der Waals surface area contributed by atoms with Crippen molar-refractivity contribution in [2.75, 3.05) is 50.0 Å². The molecule has 21 heavy (non-hydrogen) atoms. The molecule has 0 spiro atoms. The molecule has 1 aromatic heterocycles. The molecule has 0 amide bonds. The highest BCUT2D eigenvalue weighted by molar-refractivity contribution is 5.59. The van der Waals surface area contributed by atoms with Gasteiger partial charge in [-0.1, -0.05) is 13.8 Å². The van der Waals surface area contributed by atoms with Gasteiger partial charge in [0.1, 0.15) is 17.5 Å². The maximum Gasteiger partial charge on any atom is 0.137 e. The number of anilines is 2. The number of rotatable bonds is 6. The van der Waals surface area contributed by atoms with Gasteiger partial charge in [-0.05, 0) is 26.8 Å². The van der Waals surface area contributed by atoms with Crippen molar-refractivity contribution in [3.8, 4) is 0 Å². The van der Waals surface area contributed by atoms with E-state index in [0.717, 1.165) is 69.4 Å². The van der Waals surface area contributed by atoms with E-state index in [0.29, 0.717) is 0 Å². The monoisotopic (exact) mass is 291 g/mol. The van der Waals surface area contributed by atoms with Crippen LogP contribution >= 0.6 is 0 Å². The Morgan fingerprint density at radius 1 is 1.05 bits per heavy atom. The van der Waals surface area contributed by atoms with Gasteiger partial charge in [0, 0.05) is 44.7 Å². The molecule has 1 saturated heterocycles. The minimum atomic E-state index is 0.946. The van der Waals surface area contributed by atoms with Crippen molar-refractivity contribution in [3.05, 3.63) is 11.4 Å². The molecule has 1 aromatic rings. The Morgan fingerprint density at radius 3 is 2.38 bits per heavy atom. The van der Waals surface area contributed by atoms with Crippen LogP contribution in [0.15, 0.2) is 0 Å². The summed E-state index contributed by atoms with van der Waals surface area (Å²) < 4.78 is 0. The van der Waals surface area contributed by atoms with Gasteiger partial charge >= 0.3 is 0 Å². The summed E-state index contributed by atoms with van der Waals surface area (Å²) in [6, 6.07) is 0. The van der Waals surface area contributed by atoms with Crippen LogP contribution in [0.4, 0.5) is 11.6 Å². The number of piperazine rings is 1. The molecule has 1 aliphatic rings. The molecule has 1 fully saturated rings. The van der Waals surface area contributed by atoms with E-state index in [1.54, 1.807) is 0 Å². The SMILES string of the molecule is CCCNc1nc(CCC)nc(N2CCN(C)CC2)c1C. The fourth-order valence-corrected chi connectivity index (χ4v) is 2.63. The second kappa shape index (κ2) is 7.59. The molecule has 0 saturated carbocycles. The minimum Gasteiger partial charge on any atom is -0.370 e. The lowest BCUT2D eigenvalue weighted by molar-refractivity contribution is 0.312. The van der Waals surface area contributed by atoms with Crippen LogP contribution in [0.5, 0.6) is 0 Å². The first-order valence-electron chi connectivity index (χ1n) is 8.20. The third-order valence-electron chi connectivity index (χ3n) is 3.99. The van der Waals surface area contributed by atoms with Crippen molar-refractivity contribution < 1.29 is 0 Å². The number of aromatic nitrogens is 2. The van der Waals surface area contributed by atoms with Crippen LogP contribution in [-0.2, 0) is 6.42 Å². The molecular weight excluding hydrogens is 262 g/mol. The second-order valence-electron chi connectivity index (χ2n) is 5.90. The summed E-state index contributed by atoms with van der Waals surface area (Å²) >= 11 is 0. The van der Waals surface area contributed by atoms with Gasteiger partial charge in [0.25, 0.3) is 0 Å². The number of nitrogens with zero attached hydrogens (tertiary/aromatic N) is 4. The largest absolute Gasteiger partial charge is 0.370 e. The minimum absolute atomic E-state index is 0.946. The number of nitrogens with one attached hydrogen (secondary N) is 1. The molecule has 0 bridgehead atoms. The Balaban J connectivity index is 2.26. The van der Waals surface area contributed by atoms with E-state index in [-0.39, 0.29) is 0 Å². The summed E-state index contributed by atoms with van der Waals surface area (Å²) in [6.07, 6.45) is 3.14. The van der Waals surface area contributed by atoms with E-state index in [2.05, 4.69) is 42.9 Å². The van der Waals surface area contributed by atoms with E-state index < -0.39 is 0 Å². The van der Waals surface area contributed by atoms with E-state index in [9.17, 15) is 0 Å². The first-order valence-corrected chi connectivity index (χ1v) is 8.20. The molecule has 2 heterocycles. The summed E-state index contributed by atoms with van der Waals surface area (Å²) in [4.78, 5) is 14.3. The first kappa shape index (κ1) is 16.0. The molecule has 0 aliphatic carbocycles. The lowest BCUT2D eigenvalue weighted by Gasteiger charge is -2.34. The summed E-state index contributed by atoms with van der Waals surface area (Å²) in [5, 5.41) is 3.46. The molecule has 2 rings (SSSR count). The van der Waals surface area contributed by atoms with Crippen LogP contribution in [0, 0.1) is 6.92 Å². The zero-order valence-corrected chi connectivity index (χ0v) is 13.9. The molecule has 1 N–H and O–H groups in total. The number of aryl methyl sites for hydroxylation is 1. The third kappa shape index (κ3) is 4.06. The molecule has 0 unspecified atom stereocenters. The molecule has 0 atom stereocenters. The number of likely N-dealkylation sites (N-methyl/N-ethyl adjacent to an activating group) is 1. The third-order valence-corrected chi connectivity index (χ3v) is 3.99. The predicted octanol–water partition coefficient (Wildman–Crippen LogP) is 2.31. The van der Waals surface area contributed by atoms with Gasteiger partial charge in [-0.25, -0.2) is 9.97 Å². The summed E-state index contributed by atoms with van der Waals surface area (Å²) in [5.74, 6) is 3.11. The van der Waals surface area contributed by atoms with Crippen molar-refractivity contribution >= 4 is 11.6 Å². The molecule has 0 radical (unpaired) electrons. The molecule has 1 aliphatic heterocycles. The maximum absolute atomic E-state index is 4.84. The van der Waals surface area contributed by atoms with Crippen LogP contribution in [0.2, 0.25) is 0 Å². The van der Waals surface area contributed by atoms with Crippen molar-refractivity contribution in [2.45, 2.75) is 40.0 Å². The maximum atomic E-state index is 4.84. The molecule has 5 heteroatoms. The lowest BCUT2D eigenvalue weighted by Crippen LogP contribution is -2.45. The van der Waals surface area contributed by atoms with Gasteiger partial charge in [0.15, 0.2) is 0 Å². The van der Waals surface area contributed by atoms with Gasteiger partial charge in [0.2, 0.25) is 0 Å². The van der Waals surface area contributed by atoms with Gasteiger partial charge in [0.05, 0.1) is 0 Å². The molecule has 0 aromatic carbocycles. The topological polar surface area (TPSA) is 44.3 Å². The Kier molecular flexibility index (Phi) is 5.79. The zero-order chi connectivity index (χ0) is 15.2. The molecule has 118 valence electrons. The Hall–Kier alpha value is -1.36. The van der Waals surface area contributed by atoms with Gasteiger partial charge in [-0.2, -0.15) is 0 Å². The van der Waals surface area contributed by atoms with Crippen LogP contribution in [-0.4, -0.2) is 54.6 Å². The summed E-state index contributed by atoms with van der Waals surface area (Å²) in [6.45, 7) is 11.8. The quantitative estimate of drug-likeness (QED) is 0.871. The number of hydrogen-bond acceptors (Lipinski definition) is 5. The van der Waals surface area contributed by atoms with Crippen molar-refractivity contribution in [2.24, 2.45) is 0 Å². The standard InChI is InChI=1S/C16H29N5/c1-5-7-14-18-15(17-8-6-2)13(3)16(19-14)21-11-9-20(4)10-12-21/h5-12H2,1-4H3,(H,17,18,19). The van der Waals surface area contributed by atoms with E-state index in [1.807, 2.05) is 0 Å². The van der Waals surface area contributed by atoms with Gasteiger partial charge in [-0.3, -0.25) is 0 Å². The van der Waals surface area contributed by atoms with Crippen LogP contribution in [0.25, 0.3) is 0 Å². The first-order chi connectivity index (χ1) is 10.2. The van der Waals surface area contributed by atoms with Crippen LogP contribution in [0.1, 0.15) is 38.1 Å². The molecular formula is C16H29N5. The Bertz CT molecular complexity index is 452. The smallest absolute Gasteiger partial charge is 0.137 e. The normalized spacial score (nSPS) is 16.3. The van der Waals surface area contributed by atoms with E-state index >= 15 is 0 Å². The highest BCUT2D eigenvalue weighted by Crippen LogP contribution is 2.25. The van der Waals surface area contributed by atoms with Gasteiger partial charge in [-0.15, -0.1) is 0 Å². The Labute approximate surface area is 128 Å². The average Bonchev–Trinajstić information content (AvgIpc) is 2.49. The van der Waals surface area contributed by atoms with Crippen molar-refractivity contribution in [1.29, 1.82) is 0 Å². The van der Waals surface area contributed by atoms with Crippen molar-refractivity contribution in [3.63, 3.8) is 0 Å².